The molecule has 2 heterocycles. The fourth-order valence-corrected chi connectivity index (χ4v) is 5.26. The summed E-state index contributed by atoms with van der Waals surface area (Å²) in [5.41, 5.74) is 0.842. The Labute approximate surface area is 276 Å². The van der Waals surface area contributed by atoms with Crippen LogP contribution < -0.4 is 33.9 Å². The zero-order chi connectivity index (χ0) is 30.4. The number of amides is 3. The minimum absolute atomic E-state index is 0. The van der Waals surface area contributed by atoms with Crippen LogP contribution in [0.1, 0.15) is 116 Å². The van der Waals surface area contributed by atoms with Gasteiger partial charge in [-0.05, 0) is 19.8 Å². The van der Waals surface area contributed by atoms with Crippen molar-refractivity contribution in [1.82, 2.24) is 10.2 Å². The van der Waals surface area contributed by atoms with Crippen LogP contribution in [-0.4, -0.2) is 55.5 Å². The van der Waals surface area contributed by atoms with E-state index in [9.17, 15) is 14.4 Å². The van der Waals surface area contributed by atoms with Gasteiger partial charge in [0.2, 0.25) is 11.6 Å². The van der Waals surface area contributed by atoms with Gasteiger partial charge in [0, 0.05) is 31.5 Å². The quantitative estimate of drug-likeness (QED) is 0.118. The lowest BCUT2D eigenvalue weighted by molar-refractivity contribution is -0.701. The minimum atomic E-state index is -0.690. The standard InChI is InChI=1S/C33H55N3O6.HI/c1-4-6-7-8-9-10-11-12-13-14-15-16-18-21-34-32(38)41-26-29-23-31(40-25-29)27-42-33(39)36(28(3)37)24-30-20-17-19-22-35(30)5-2;/h17,19-20,22,29,31H,4-16,18,21,23-27H2,1-3H3;1H/t29-,31+;/m0./s1. The molecule has 0 saturated carbocycles. The van der Waals surface area contributed by atoms with E-state index >= 15 is 0 Å². The van der Waals surface area contributed by atoms with E-state index in [1.165, 1.54) is 77.6 Å². The van der Waals surface area contributed by atoms with Gasteiger partial charge in [-0.25, -0.2) is 19.1 Å². The van der Waals surface area contributed by atoms with Crippen molar-refractivity contribution in [3.63, 3.8) is 0 Å². The molecule has 1 saturated heterocycles. The number of carbonyl (C=O) groups is 3. The number of unbranched alkanes of at least 4 members (excludes halogenated alkanes) is 12. The smallest absolute Gasteiger partial charge is 0.417 e. The fraction of sp³-hybridized carbons (Fsp3) is 0.758. The van der Waals surface area contributed by atoms with Crippen molar-refractivity contribution >= 4 is 18.1 Å². The van der Waals surface area contributed by atoms with E-state index in [-0.39, 0.29) is 61.7 Å². The van der Waals surface area contributed by atoms with E-state index in [1.54, 1.807) is 0 Å². The number of aromatic nitrogens is 1. The van der Waals surface area contributed by atoms with Crippen molar-refractivity contribution in [2.45, 2.75) is 130 Å². The summed E-state index contributed by atoms with van der Waals surface area (Å²) < 4.78 is 18.5. The Morgan fingerprint density at radius 2 is 1.53 bits per heavy atom. The third kappa shape index (κ3) is 17.2. The maximum Gasteiger partial charge on any atom is 0.417 e. The molecule has 10 heteroatoms. The molecule has 0 spiro atoms. The summed E-state index contributed by atoms with van der Waals surface area (Å²) in [6.07, 6.45) is 18.0. The summed E-state index contributed by atoms with van der Waals surface area (Å²) >= 11 is 0. The average molecular weight is 718 g/mol. The van der Waals surface area contributed by atoms with Crippen LogP contribution in [-0.2, 0) is 32.1 Å². The van der Waals surface area contributed by atoms with E-state index in [0.29, 0.717) is 19.6 Å². The van der Waals surface area contributed by atoms with Crippen LogP contribution in [0.25, 0.3) is 0 Å². The fourth-order valence-electron chi connectivity index (χ4n) is 5.26. The van der Waals surface area contributed by atoms with Gasteiger partial charge in [-0.1, -0.05) is 90.0 Å². The van der Waals surface area contributed by atoms with E-state index in [2.05, 4.69) is 12.2 Å². The number of hydrogen-bond acceptors (Lipinski definition) is 6. The first kappa shape index (κ1) is 39.1. The number of nitrogens with zero attached hydrogens (tertiary/aromatic N) is 2. The Hall–Kier alpha value is -1.95. The maximum absolute atomic E-state index is 12.7. The highest BCUT2D eigenvalue weighted by molar-refractivity contribution is 5.90. The molecular weight excluding hydrogens is 661 g/mol. The number of carbonyl (C=O) groups excluding carboxylic acids is 3. The topological polar surface area (TPSA) is 98.1 Å². The number of ether oxygens (including phenoxy) is 3. The van der Waals surface area contributed by atoms with E-state index < -0.39 is 12.2 Å². The van der Waals surface area contributed by atoms with Gasteiger partial charge in [0.25, 0.3) is 0 Å². The van der Waals surface area contributed by atoms with Gasteiger partial charge in [-0.2, -0.15) is 0 Å². The number of rotatable bonds is 21. The Morgan fingerprint density at radius 3 is 2.14 bits per heavy atom. The normalized spacial score (nSPS) is 15.9. The van der Waals surface area contributed by atoms with Crippen LogP contribution in [0.2, 0.25) is 0 Å². The minimum Gasteiger partial charge on any atom is -1.00 e. The summed E-state index contributed by atoms with van der Waals surface area (Å²) in [6.45, 7) is 7.86. The van der Waals surface area contributed by atoms with Crippen molar-refractivity contribution in [3.05, 3.63) is 30.1 Å². The van der Waals surface area contributed by atoms with Gasteiger partial charge < -0.3 is 43.5 Å². The highest BCUT2D eigenvalue weighted by atomic mass is 127. The van der Waals surface area contributed by atoms with Crippen molar-refractivity contribution in [3.8, 4) is 0 Å². The van der Waals surface area contributed by atoms with Gasteiger partial charge in [0.05, 0.1) is 19.3 Å². The van der Waals surface area contributed by atoms with E-state index in [4.69, 9.17) is 14.2 Å². The van der Waals surface area contributed by atoms with Gasteiger partial charge in [-0.3, -0.25) is 4.79 Å². The van der Waals surface area contributed by atoms with Gasteiger partial charge >= 0.3 is 12.2 Å². The SMILES string of the molecule is CCCCCCCCCCCCCCCNC(=O)OC[C@@H]1CO[C@@H](COC(=O)N(Cc2cccc[n+]2CC)C(C)=O)C1.[I-]. The largest absolute Gasteiger partial charge is 1.00 e. The Morgan fingerprint density at radius 1 is 0.907 bits per heavy atom. The third-order valence-corrected chi connectivity index (χ3v) is 7.85. The van der Waals surface area contributed by atoms with Crippen LogP contribution >= 0.6 is 0 Å². The number of halogens is 1. The molecule has 1 aromatic heterocycles. The second kappa shape index (κ2) is 24.4. The first-order valence-electron chi connectivity index (χ1n) is 16.4. The summed E-state index contributed by atoms with van der Waals surface area (Å²) in [7, 11) is 0. The molecule has 2 atom stereocenters. The van der Waals surface area contributed by atoms with Crippen LogP contribution in [0.3, 0.4) is 0 Å². The van der Waals surface area contributed by atoms with Crippen LogP contribution in [0.4, 0.5) is 9.59 Å². The van der Waals surface area contributed by atoms with Crippen LogP contribution in [0.5, 0.6) is 0 Å². The molecule has 9 nitrogen and oxygen atoms in total. The molecule has 0 radical (unpaired) electrons. The lowest BCUT2D eigenvalue weighted by Crippen LogP contribution is -3.00. The highest BCUT2D eigenvalue weighted by Gasteiger charge is 2.30. The summed E-state index contributed by atoms with van der Waals surface area (Å²) in [6, 6.07) is 5.66. The molecule has 0 aliphatic carbocycles. The predicted molar refractivity (Wildman–Crippen MR) is 163 cm³/mol. The molecule has 1 aliphatic rings. The summed E-state index contributed by atoms with van der Waals surface area (Å²) in [4.78, 5) is 38.0. The number of alkyl carbamates (subject to hydrolysis) is 1. The first-order chi connectivity index (χ1) is 20.4. The van der Waals surface area contributed by atoms with Crippen molar-refractivity contribution in [2.75, 3.05) is 26.4 Å². The van der Waals surface area contributed by atoms with E-state index in [1.807, 2.05) is 35.9 Å². The molecule has 1 N–H and O–H groups in total. The Bertz CT molecular complexity index is 918. The Balaban J connectivity index is 0.00000924. The zero-order valence-corrected chi connectivity index (χ0v) is 29.0. The molecule has 2 rings (SSSR count). The predicted octanol–water partition coefficient (Wildman–Crippen LogP) is 3.71. The molecule has 0 unspecified atom stereocenters. The van der Waals surface area contributed by atoms with E-state index in [0.717, 1.165) is 30.0 Å². The Kier molecular flexibility index (Phi) is 22.2. The number of hydrogen-bond donors (Lipinski definition) is 1. The van der Waals surface area contributed by atoms with Crippen LogP contribution in [0, 0.1) is 5.92 Å². The van der Waals surface area contributed by atoms with Crippen LogP contribution in [0.15, 0.2) is 24.4 Å². The summed E-state index contributed by atoms with van der Waals surface area (Å²) in [5.74, 6) is -0.331. The number of aryl methyl sites for hydroxylation is 1. The van der Waals surface area contributed by atoms with Crippen molar-refractivity contribution in [1.29, 1.82) is 0 Å². The molecule has 1 aromatic rings. The molecular formula is C33H56IN3O6. The maximum atomic E-state index is 12.7. The van der Waals surface area contributed by atoms with Crippen molar-refractivity contribution in [2.24, 2.45) is 5.92 Å². The molecule has 0 bridgehead atoms. The van der Waals surface area contributed by atoms with Gasteiger partial charge in [0.15, 0.2) is 6.20 Å². The molecule has 3 amide bonds. The van der Waals surface area contributed by atoms with Crippen molar-refractivity contribution < 1.29 is 57.1 Å². The number of nitrogens with one attached hydrogen (secondary N) is 1. The van der Waals surface area contributed by atoms with Gasteiger partial charge in [0.1, 0.15) is 19.7 Å². The number of imide groups is 1. The lowest BCUT2D eigenvalue weighted by Gasteiger charge is -2.19. The average Bonchev–Trinajstić information content (AvgIpc) is 3.45. The lowest BCUT2D eigenvalue weighted by atomic mass is 10.0. The molecule has 1 fully saturated rings. The summed E-state index contributed by atoms with van der Waals surface area (Å²) in [5, 5.41) is 2.84. The van der Waals surface area contributed by atoms with Gasteiger partial charge in [-0.15, -0.1) is 0 Å². The zero-order valence-electron chi connectivity index (χ0n) is 26.8. The first-order valence-corrected chi connectivity index (χ1v) is 16.4. The highest BCUT2D eigenvalue weighted by Crippen LogP contribution is 2.21. The second-order valence-electron chi connectivity index (χ2n) is 11.5. The molecule has 0 aromatic carbocycles. The molecule has 246 valence electrons. The monoisotopic (exact) mass is 717 g/mol. The number of pyridine rings is 1. The molecule has 1 aliphatic heterocycles. The third-order valence-electron chi connectivity index (χ3n) is 7.85. The molecule has 43 heavy (non-hydrogen) atoms. The second-order valence-corrected chi connectivity index (χ2v) is 11.5.